The van der Waals surface area contributed by atoms with E-state index >= 15 is 0 Å². The van der Waals surface area contributed by atoms with Gasteiger partial charge in [0.05, 0.1) is 12.9 Å². The molecule has 3 nitrogen and oxygen atoms in total. The number of benzene rings is 2. The van der Waals surface area contributed by atoms with Gasteiger partial charge in [-0.2, -0.15) is 11.1 Å². The Kier molecular flexibility index (Phi) is 18.5. The molecule has 3 rings (SSSR count). The molecule has 0 saturated carbocycles. The Morgan fingerprint density at radius 1 is 1.06 bits per heavy atom. The lowest BCUT2D eigenvalue weighted by Gasteiger charge is -2.29. The summed E-state index contributed by atoms with van der Waals surface area (Å²) in [5.41, 5.74) is 1.58. The Labute approximate surface area is 234 Å². The molecule has 1 aromatic heterocycles. The minimum atomic E-state index is -1.39. The van der Waals surface area contributed by atoms with Gasteiger partial charge in [0.25, 0.3) is 0 Å². The van der Waals surface area contributed by atoms with Crippen LogP contribution < -0.4 is 0 Å². The number of nitrogens with one attached hydrogen (secondary N) is 1. The van der Waals surface area contributed by atoms with Crippen LogP contribution in [-0.2, 0) is 13.0 Å². The van der Waals surface area contributed by atoms with Crippen molar-refractivity contribution >= 4 is 50.3 Å². The molecule has 0 aliphatic heterocycles. The van der Waals surface area contributed by atoms with Crippen LogP contribution >= 0.6 is 42.9 Å². The van der Waals surface area contributed by atoms with Gasteiger partial charge in [-0.1, -0.05) is 86.5 Å². The molecular formula is C26H39Br2ClF2N2OSi. The van der Waals surface area contributed by atoms with E-state index in [1.165, 1.54) is 18.2 Å². The van der Waals surface area contributed by atoms with Crippen molar-refractivity contribution in [1.29, 1.82) is 0 Å². The number of halogens is 5. The highest BCUT2D eigenvalue weighted by atomic mass is 79.9. The van der Waals surface area contributed by atoms with Crippen molar-refractivity contribution in [3.8, 4) is 0 Å². The zero-order valence-electron chi connectivity index (χ0n) is 22.6. The highest BCUT2D eigenvalue weighted by Gasteiger charge is 2.32. The molecular weight excluding hydrogens is 618 g/mol. The highest BCUT2D eigenvalue weighted by Crippen LogP contribution is 2.38. The van der Waals surface area contributed by atoms with E-state index in [0.29, 0.717) is 17.5 Å². The molecule has 2 aromatic carbocycles. The van der Waals surface area contributed by atoms with E-state index in [-0.39, 0.29) is 18.2 Å². The first kappa shape index (κ1) is 33.9. The summed E-state index contributed by atoms with van der Waals surface area (Å²) in [5.74, 6) is -0.493. The number of hydrogen-bond acceptors (Lipinski definition) is 2. The fourth-order valence-electron chi connectivity index (χ4n) is 1.69. The second-order valence-electron chi connectivity index (χ2n) is 8.47. The van der Waals surface area contributed by atoms with Gasteiger partial charge in [-0.15, -0.1) is 0 Å². The average molecular weight is 658 g/mol. The van der Waals surface area contributed by atoms with Crippen molar-refractivity contribution in [2.24, 2.45) is 0 Å². The van der Waals surface area contributed by atoms with Crippen LogP contribution in [0.5, 0.6) is 0 Å². The predicted octanol–water partition coefficient (Wildman–Crippen LogP) is 9.90. The minimum absolute atomic E-state index is 0.141. The summed E-state index contributed by atoms with van der Waals surface area (Å²) in [6, 6.07) is 8.93. The average Bonchev–Trinajstić information content (AvgIpc) is 3.37. The Balaban J connectivity index is 0. The second kappa shape index (κ2) is 19.1. The lowest BCUT2D eigenvalue weighted by Crippen LogP contribution is -2.29. The van der Waals surface area contributed by atoms with Crippen molar-refractivity contribution in [3.63, 3.8) is 0 Å². The van der Waals surface area contributed by atoms with Gasteiger partial charge in [0.1, 0.15) is 11.6 Å². The van der Waals surface area contributed by atoms with E-state index in [2.05, 4.69) is 75.7 Å². The lowest BCUT2D eigenvalue weighted by molar-refractivity contribution is 0.280. The van der Waals surface area contributed by atoms with Crippen LogP contribution in [-0.4, -0.2) is 22.5 Å². The van der Waals surface area contributed by atoms with Gasteiger partial charge in [0, 0.05) is 22.7 Å². The van der Waals surface area contributed by atoms with Crippen LogP contribution in [0.15, 0.2) is 64.1 Å². The van der Waals surface area contributed by atoms with E-state index in [0.717, 1.165) is 20.9 Å². The zero-order chi connectivity index (χ0) is 28.4. The molecule has 0 atom stereocenters. The normalized spacial score (nSPS) is 10.6. The molecule has 0 aliphatic carbocycles. The van der Waals surface area contributed by atoms with Gasteiger partial charge >= 0.3 is 0 Å². The number of hydrogen-bond donors (Lipinski definition) is 2. The minimum Gasteiger partial charge on any atom is -0.392 e. The third-order valence-electron chi connectivity index (χ3n) is 4.76. The quantitative estimate of drug-likeness (QED) is 0.213. The lowest BCUT2D eigenvalue weighted by atomic mass is 10.2. The third-order valence-corrected chi connectivity index (χ3v) is 11.6. The summed E-state index contributed by atoms with van der Waals surface area (Å²) < 4.78 is 32.8. The molecule has 1 heterocycles. The maximum Gasteiger partial charge on any atom is 0.155 e. The first-order valence-electron chi connectivity index (χ1n) is 11.7. The van der Waals surface area contributed by atoms with Gasteiger partial charge in [-0.3, -0.25) is 0 Å². The predicted molar refractivity (Wildman–Crippen MR) is 156 cm³/mol. The van der Waals surface area contributed by atoms with Crippen LogP contribution in [0.2, 0.25) is 18.1 Å². The summed E-state index contributed by atoms with van der Waals surface area (Å²) in [5, 5.41) is 8.99. The summed E-state index contributed by atoms with van der Waals surface area (Å²) in [6.07, 6.45) is 5.94. The van der Waals surface area contributed by atoms with Crippen LogP contribution in [0.1, 0.15) is 54.0 Å². The molecule has 0 fully saturated rings. The van der Waals surface area contributed by atoms with Crippen LogP contribution in [0.3, 0.4) is 0 Å². The molecule has 0 unspecified atom stereocenters. The smallest absolute Gasteiger partial charge is 0.155 e. The summed E-state index contributed by atoms with van der Waals surface area (Å²) in [6.45, 7) is 15.1. The molecule has 9 heteroatoms. The fraction of sp³-hybridized carbons (Fsp3) is 0.423. The number of aryl methyl sites for hydroxylation is 1. The highest BCUT2D eigenvalue weighted by molar-refractivity contribution is 9.10. The fourth-order valence-corrected chi connectivity index (χ4v) is 2.59. The standard InChI is InChI=1S/C8H8BrF.C7H6BrFO.C6H15ClSi.C3H4N2.C2H6/c1-2-6-5-7(10)3-4-8(6)9;8-7-2-1-6(9)3-5(7)4-10;1-6(2,3)8(4,5)7;1-2-5-3-4-1;1-2/h3-5H,2H2,1H3;1-3,10H,4H2;1-5H3;1-3H,(H,4,5);1-2H3/i;;;;1D. The molecule has 3 aromatic rings. The van der Waals surface area contributed by atoms with E-state index in [9.17, 15) is 8.78 Å². The van der Waals surface area contributed by atoms with Crippen molar-refractivity contribution in [2.75, 3.05) is 0 Å². The second-order valence-corrected chi connectivity index (χ2v) is 17.5. The van der Waals surface area contributed by atoms with E-state index in [4.69, 9.17) is 17.6 Å². The van der Waals surface area contributed by atoms with E-state index in [1.54, 1.807) is 43.8 Å². The molecule has 0 spiro atoms. The Bertz CT molecular complexity index is 873. The zero-order valence-corrected chi connectivity index (χ0v) is 26.5. The Morgan fingerprint density at radius 2 is 1.49 bits per heavy atom. The van der Waals surface area contributed by atoms with Gasteiger partial charge < -0.3 is 10.1 Å². The number of aliphatic hydroxyl groups excluding tert-OH is 1. The maximum absolute atomic E-state index is 12.5. The summed E-state index contributed by atoms with van der Waals surface area (Å²) in [7, 11) is -1.39. The van der Waals surface area contributed by atoms with Crippen molar-refractivity contribution < 1.29 is 15.3 Å². The summed E-state index contributed by atoms with van der Waals surface area (Å²) in [4.78, 5) is 6.42. The molecule has 0 aliphatic rings. The molecule has 2 N–H and O–H groups in total. The summed E-state index contributed by atoms with van der Waals surface area (Å²) >= 11 is 12.6. The van der Waals surface area contributed by atoms with Crippen molar-refractivity contribution in [1.82, 2.24) is 9.97 Å². The van der Waals surface area contributed by atoms with Gasteiger partial charge in [0.15, 0.2) is 7.38 Å². The van der Waals surface area contributed by atoms with Crippen LogP contribution in [0.4, 0.5) is 8.78 Å². The van der Waals surface area contributed by atoms with Gasteiger partial charge in [0.2, 0.25) is 0 Å². The number of H-pyrrole nitrogens is 1. The number of imidazole rings is 1. The number of nitrogens with zero attached hydrogens (tertiary/aromatic N) is 1. The van der Waals surface area contributed by atoms with Crippen LogP contribution in [0.25, 0.3) is 0 Å². The third kappa shape index (κ3) is 17.1. The number of aromatic nitrogens is 2. The molecule has 0 saturated heterocycles. The molecule has 0 radical (unpaired) electrons. The number of aromatic amines is 1. The van der Waals surface area contributed by atoms with E-state index < -0.39 is 7.38 Å². The van der Waals surface area contributed by atoms with Crippen LogP contribution in [0, 0.1) is 11.6 Å². The largest absolute Gasteiger partial charge is 0.392 e. The maximum atomic E-state index is 12.5. The van der Waals surface area contributed by atoms with Gasteiger partial charge in [-0.25, -0.2) is 13.8 Å². The molecule has 0 bridgehead atoms. The number of rotatable bonds is 2. The number of aliphatic hydroxyl groups is 1. The first-order valence-corrected chi connectivity index (χ1v) is 16.6. The SMILES string of the molecule is CC(C)(C)[Si](C)(C)Cl.CCc1cc(F)ccc1Br.OCc1cc(F)ccc1Br.[2H]CC.c1c[nH]cn1. The monoisotopic (exact) mass is 655 g/mol. The molecule has 198 valence electrons. The molecule has 0 amide bonds. The molecule has 35 heavy (non-hydrogen) atoms. The Hall–Kier alpha value is -1.06. The van der Waals surface area contributed by atoms with Gasteiger partial charge in [-0.05, 0) is 59.0 Å². The van der Waals surface area contributed by atoms with Crippen molar-refractivity contribution in [2.45, 2.75) is 72.7 Å². The van der Waals surface area contributed by atoms with Crippen molar-refractivity contribution in [3.05, 3.63) is 86.8 Å². The Morgan fingerprint density at radius 3 is 1.71 bits per heavy atom. The first-order chi connectivity index (χ1) is 16.6. The topological polar surface area (TPSA) is 48.9 Å². The van der Waals surface area contributed by atoms with E-state index in [1.807, 2.05) is 6.92 Å².